The first kappa shape index (κ1) is 27.0. The van der Waals surface area contributed by atoms with Crippen LogP contribution in [0.25, 0.3) is 6.08 Å². The summed E-state index contributed by atoms with van der Waals surface area (Å²) in [6, 6.07) is 29.9. The molecule has 4 rings (SSSR count). The van der Waals surface area contributed by atoms with Gasteiger partial charge in [0, 0.05) is 16.3 Å². The van der Waals surface area contributed by atoms with E-state index in [4.69, 9.17) is 21.1 Å². The fraction of sp³-hybridized carbons (Fsp3) is 0.0968. The Morgan fingerprint density at radius 2 is 1.71 bits per heavy atom. The first-order valence-electron chi connectivity index (χ1n) is 11.8. The topological polar surface area (TPSA) is 71.3 Å². The van der Waals surface area contributed by atoms with Gasteiger partial charge in [-0.05, 0) is 82.5 Å². The predicted octanol–water partition coefficient (Wildman–Crippen LogP) is 8.11. The molecule has 190 valence electrons. The molecule has 5 nitrogen and oxygen atoms in total. The van der Waals surface area contributed by atoms with E-state index in [-0.39, 0.29) is 5.57 Å². The summed E-state index contributed by atoms with van der Waals surface area (Å²) in [6.45, 7) is 2.81. The van der Waals surface area contributed by atoms with Gasteiger partial charge in [0.2, 0.25) is 0 Å². The highest BCUT2D eigenvalue weighted by Gasteiger charge is 2.11. The number of hydrogen-bond acceptors (Lipinski definition) is 4. The van der Waals surface area contributed by atoms with Gasteiger partial charge in [0.15, 0.2) is 0 Å². The number of nitriles is 1. The van der Waals surface area contributed by atoms with Crippen LogP contribution < -0.4 is 14.8 Å². The van der Waals surface area contributed by atoms with Gasteiger partial charge in [0.05, 0.1) is 4.47 Å². The number of halogens is 2. The number of nitrogens with zero attached hydrogens (tertiary/aromatic N) is 1. The molecule has 0 saturated heterocycles. The largest absolute Gasteiger partial charge is 0.489 e. The lowest BCUT2D eigenvalue weighted by Crippen LogP contribution is -2.13. The van der Waals surface area contributed by atoms with Gasteiger partial charge in [-0.3, -0.25) is 4.79 Å². The molecule has 0 aliphatic rings. The molecule has 0 spiro atoms. The van der Waals surface area contributed by atoms with Gasteiger partial charge in [0.1, 0.15) is 36.4 Å². The van der Waals surface area contributed by atoms with Crippen LogP contribution in [-0.2, 0) is 18.0 Å². The van der Waals surface area contributed by atoms with Gasteiger partial charge in [0.25, 0.3) is 5.91 Å². The number of carbonyl (C=O) groups excluding carboxylic acids is 1. The third-order valence-electron chi connectivity index (χ3n) is 5.61. The summed E-state index contributed by atoms with van der Waals surface area (Å²) in [5, 5.41) is 13.0. The number of carbonyl (C=O) groups is 1. The molecule has 0 unspecified atom stereocenters. The van der Waals surface area contributed by atoms with Crippen LogP contribution >= 0.6 is 27.5 Å². The second kappa shape index (κ2) is 13.0. The summed E-state index contributed by atoms with van der Waals surface area (Å²) in [7, 11) is 0. The van der Waals surface area contributed by atoms with Crippen molar-refractivity contribution in [2.45, 2.75) is 20.1 Å². The second-order valence-electron chi connectivity index (χ2n) is 8.49. The summed E-state index contributed by atoms with van der Waals surface area (Å²) in [5.41, 5.74) is 4.35. The molecule has 0 heterocycles. The van der Waals surface area contributed by atoms with Gasteiger partial charge in [-0.1, -0.05) is 65.7 Å². The molecular weight excluding hydrogens is 564 g/mol. The van der Waals surface area contributed by atoms with Gasteiger partial charge < -0.3 is 14.8 Å². The molecule has 0 fully saturated rings. The zero-order chi connectivity index (χ0) is 26.9. The van der Waals surface area contributed by atoms with E-state index in [1.54, 1.807) is 42.5 Å². The average Bonchev–Trinajstić information content (AvgIpc) is 2.92. The number of anilines is 1. The van der Waals surface area contributed by atoms with Gasteiger partial charge in [-0.15, -0.1) is 0 Å². The van der Waals surface area contributed by atoms with E-state index >= 15 is 0 Å². The number of nitrogens with one attached hydrogen (secondary N) is 1. The Balaban J connectivity index is 1.35. The Kier molecular flexibility index (Phi) is 9.21. The van der Waals surface area contributed by atoms with E-state index < -0.39 is 5.91 Å². The number of aryl methyl sites for hydroxylation is 1. The highest BCUT2D eigenvalue weighted by molar-refractivity contribution is 9.10. The van der Waals surface area contributed by atoms with E-state index in [9.17, 15) is 10.1 Å². The van der Waals surface area contributed by atoms with Gasteiger partial charge in [-0.2, -0.15) is 5.26 Å². The molecule has 0 radical (unpaired) electrons. The highest BCUT2D eigenvalue weighted by atomic mass is 79.9. The van der Waals surface area contributed by atoms with Crippen LogP contribution in [0.4, 0.5) is 5.69 Å². The Hall–Kier alpha value is -4.05. The minimum Gasteiger partial charge on any atom is -0.489 e. The average molecular weight is 588 g/mol. The molecule has 0 aromatic heterocycles. The lowest BCUT2D eigenvalue weighted by atomic mass is 10.1. The minimum absolute atomic E-state index is 0.0238. The fourth-order valence-corrected chi connectivity index (χ4v) is 4.20. The van der Waals surface area contributed by atoms with Crippen LogP contribution in [0, 0.1) is 18.3 Å². The lowest BCUT2D eigenvalue weighted by molar-refractivity contribution is -0.112. The summed E-state index contributed by atoms with van der Waals surface area (Å²) >= 11 is 9.68. The quantitative estimate of drug-likeness (QED) is 0.159. The van der Waals surface area contributed by atoms with Gasteiger partial charge in [-0.25, -0.2) is 0 Å². The third-order valence-corrected chi connectivity index (χ3v) is 6.60. The van der Waals surface area contributed by atoms with E-state index in [1.807, 2.05) is 61.5 Å². The third kappa shape index (κ3) is 7.48. The zero-order valence-corrected chi connectivity index (χ0v) is 22.9. The van der Waals surface area contributed by atoms with E-state index in [0.717, 1.165) is 15.6 Å². The standard InChI is InChI=1S/C31H24BrClN2O3/c1-21-6-8-22(9-7-21)19-38-30-15-10-23(17-28(30)32)16-25(18-34)31(36)35-26-11-13-27(14-12-26)37-20-24-4-2-3-5-29(24)33/h2-17H,19-20H2,1H3,(H,35,36)/b25-16+. The number of rotatable bonds is 9. The molecule has 0 bridgehead atoms. The van der Waals surface area contributed by atoms with Crippen LogP contribution in [-0.4, -0.2) is 5.91 Å². The van der Waals surface area contributed by atoms with Crippen LogP contribution in [0.1, 0.15) is 22.3 Å². The first-order chi connectivity index (χ1) is 18.4. The van der Waals surface area contributed by atoms with Crippen molar-refractivity contribution < 1.29 is 14.3 Å². The molecule has 0 aliphatic carbocycles. The number of hydrogen-bond donors (Lipinski definition) is 1. The molecule has 7 heteroatoms. The van der Waals surface area contributed by atoms with Crippen molar-refractivity contribution >= 4 is 45.2 Å². The Morgan fingerprint density at radius 3 is 2.39 bits per heavy atom. The summed E-state index contributed by atoms with van der Waals surface area (Å²) in [4.78, 5) is 12.7. The molecule has 0 aliphatic heterocycles. The molecule has 38 heavy (non-hydrogen) atoms. The Bertz CT molecular complexity index is 1490. The van der Waals surface area contributed by atoms with Crippen molar-refractivity contribution in [1.29, 1.82) is 5.26 Å². The summed E-state index contributed by atoms with van der Waals surface area (Å²) in [6.07, 6.45) is 1.53. The maximum atomic E-state index is 12.7. The smallest absolute Gasteiger partial charge is 0.266 e. The molecule has 1 amide bonds. The van der Waals surface area contributed by atoms with E-state index in [1.165, 1.54) is 11.6 Å². The molecule has 0 saturated carbocycles. The molecule has 4 aromatic carbocycles. The maximum absolute atomic E-state index is 12.7. The number of amides is 1. The van der Waals surface area contributed by atoms with Crippen molar-refractivity contribution in [3.05, 3.63) is 128 Å². The summed E-state index contributed by atoms with van der Waals surface area (Å²) in [5.74, 6) is 0.795. The Labute approximate surface area is 235 Å². The second-order valence-corrected chi connectivity index (χ2v) is 9.75. The molecular formula is C31H24BrClN2O3. The first-order valence-corrected chi connectivity index (χ1v) is 13.0. The monoisotopic (exact) mass is 586 g/mol. The number of benzene rings is 4. The normalized spacial score (nSPS) is 10.9. The minimum atomic E-state index is -0.506. The van der Waals surface area contributed by atoms with Crippen molar-refractivity contribution in [2.24, 2.45) is 0 Å². The van der Waals surface area contributed by atoms with E-state index in [2.05, 4.69) is 21.2 Å². The lowest BCUT2D eigenvalue weighted by Gasteiger charge is -2.10. The van der Waals surface area contributed by atoms with E-state index in [0.29, 0.717) is 41.0 Å². The van der Waals surface area contributed by atoms with Crippen LogP contribution in [0.5, 0.6) is 11.5 Å². The van der Waals surface area contributed by atoms with Crippen LogP contribution in [0.2, 0.25) is 5.02 Å². The van der Waals surface area contributed by atoms with Crippen molar-refractivity contribution in [3.63, 3.8) is 0 Å². The fourth-order valence-electron chi connectivity index (χ4n) is 3.49. The number of ether oxygens (including phenoxy) is 2. The molecule has 1 N–H and O–H groups in total. The van der Waals surface area contributed by atoms with Crippen LogP contribution in [0.3, 0.4) is 0 Å². The summed E-state index contributed by atoms with van der Waals surface area (Å²) < 4.78 is 12.4. The highest BCUT2D eigenvalue weighted by Crippen LogP contribution is 2.28. The molecule has 0 atom stereocenters. The molecule has 4 aromatic rings. The van der Waals surface area contributed by atoms with Gasteiger partial charge >= 0.3 is 0 Å². The van der Waals surface area contributed by atoms with Crippen LogP contribution in [0.15, 0.2) is 101 Å². The predicted molar refractivity (Wildman–Crippen MR) is 154 cm³/mol. The van der Waals surface area contributed by atoms with Crippen molar-refractivity contribution in [2.75, 3.05) is 5.32 Å². The zero-order valence-electron chi connectivity index (χ0n) is 20.6. The SMILES string of the molecule is Cc1ccc(COc2ccc(/C=C(\C#N)C(=O)Nc3ccc(OCc4ccccc4Cl)cc3)cc2Br)cc1. The Morgan fingerprint density at radius 1 is 0.974 bits per heavy atom. The maximum Gasteiger partial charge on any atom is 0.266 e. The van der Waals surface area contributed by atoms with Crippen molar-refractivity contribution in [3.8, 4) is 17.6 Å². The van der Waals surface area contributed by atoms with Crippen molar-refractivity contribution in [1.82, 2.24) is 0 Å².